The molecular formula is C15H25N3. The van der Waals surface area contributed by atoms with Gasteiger partial charge in [0.1, 0.15) is 5.82 Å². The molecule has 1 aliphatic heterocycles. The summed E-state index contributed by atoms with van der Waals surface area (Å²) >= 11 is 0. The molecule has 1 N–H and O–H groups in total. The first-order valence-corrected chi connectivity index (χ1v) is 7.14. The van der Waals surface area contributed by atoms with Gasteiger partial charge in [-0.3, -0.25) is 4.90 Å². The van der Waals surface area contributed by atoms with E-state index in [0.717, 1.165) is 18.9 Å². The summed E-state index contributed by atoms with van der Waals surface area (Å²) in [5.41, 5.74) is 1.37. The third kappa shape index (κ3) is 3.22. The summed E-state index contributed by atoms with van der Waals surface area (Å²) in [7, 11) is 0. The fourth-order valence-electron chi connectivity index (χ4n) is 2.60. The quantitative estimate of drug-likeness (QED) is 0.865. The first-order valence-electron chi connectivity index (χ1n) is 7.14. The van der Waals surface area contributed by atoms with Crippen LogP contribution in [0.5, 0.6) is 0 Å². The molecule has 0 saturated carbocycles. The van der Waals surface area contributed by atoms with E-state index in [-0.39, 0.29) is 0 Å². The van der Waals surface area contributed by atoms with Crippen LogP contribution in [0, 0.1) is 5.92 Å². The molecule has 1 aromatic rings. The maximum Gasteiger partial charge on any atom is 0.125 e. The van der Waals surface area contributed by atoms with Crippen LogP contribution in [-0.4, -0.2) is 29.5 Å². The second-order valence-corrected chi connectivity index (χ2v) is 5.54. The number of nitrogens with one attached hydrogen (secondary N) is 1. The third-order valence-corrected chi connectivity index (χ3v) is 3.63. The SMILES string of the molecule is CCN1CCC[C@@H]1c1ccc(NCC(C)C)nc1. The number of aromatic nitrogens is 1. The molecule has 0 spiro atoms. The highest BCUT2D eigenvalue weighted by atomic mass is 15.2. The molecule has 2 heterocycles. The maximum absolute atomic E-state index is 4.53. The summed E-state index contributed by atoms with van der Waals surface area (Å²) in [4.78, 5) is 7.07. The lowest BCUT2D eigenvalue weighted by atomic mass is 10.1. The molecule has 1 aromatic heterocycles. The summed E-state index contributed by atoms with van der Waals surface area (Å²) in [5, 5.41) is 3.36. The number of pyridine rings is 1. The molecule has 1 atom stereocenters. The average Bonchev–Trinajstić information content (AvgIpc) is 2.85. The number of anilines is 1. The highest BCUT2D eigenvalue weighted by Crippen LogP contribution is 2.31. The molecule has 1 fully saturated rings. The maximum atomic E-state index is 4.53. The van der Waals surface area contributed by atoms with Crippen LogP contribution in [0.1, 0.15) is 45.2 Å². The summed E-state index contributed by atoms with van der Waals surface area (Å²) in [6.07, 6.45) is 4.63. The van der Waals surface area contributed by atoms with Gasteiger partial charge in [-0.25, -0.2) is 4.98 Å². The molecule has 2 rings (SSSR count). The van der Waals surface area contributed by atoms with E-state index in [9.17, 15) is 0 Å². The number of hydrogen-bond donors (Lipinski definition) is 1. The van der Waals surface area contributed by atoms with Crippen molar-refractivity contribution in [1.82, 2.24) is 9.88 Å². The Morgan fingerprint density at radius 3 is 2.89 bits per heavy atom. The Bertz CT molecular complexity index is 359. The van der Waals surface area contributed by atoms with Crippen LogP contribution in [0.3, 0.4) is 0 Å². The van der Waals surface area contributed by atoms with Gasteiger partial charge in [-0.2, -0.15) is 0 Å². The van der Waals surface area contributed by atoms with Crippen molar-refractivity contribution >= 4 is 5.82 Å². The summed E-state index contributed by atoms with van der Waals surface area (Å²) in [5.74, 6) is 1.64. The van der Waals surface area contributed by atoms with E-state index < -0.39 is 0 Å². The molecule has 1 aliphatic rings. The molecule has 100 valence electrons. The van der Waals surface area contributed by atoms with Gasteiger partial charge in [0, 0.05) is 18.8 Å². The van der Waals surface area contributed by atoms with Crippen LogP contribution < -0.4 is 5.32 Å². The Morgan fingerprint density at radius 1 is 1.44 bits per heavy atom. The number of hydrogen-bond acceptors (Lipinski definition) is 3. The molecule has 3 heteroatoms. The second kappa shape index (κ2) is 6.19. The minimum absolute atomic E-state index is 0.585. The van der Waals surface area contributed by atoms with Crippen LogP contribution >= 0.6 is 0 Å². The van der Waals surface area contributed by atoms with Gasteiger partial charge in [0.2, 0.25) is 0 Å². The summed E-state index contributed by atoms with van der Waals surface area (Å²) in [6, 6.07) is 4.93. The lowest BCUT2D eigenvalue weighted by Crippen LogP contribution is -2.22. The van der Waals surface area contributed by atoms with Gasteiger partial charge < -0.3 is 5.32 Å². The molecule has 3 nitrogen and oxygen atoms in total. The Hall–Kier alpha value is -1.09. The molecule has 1 saturated heterocycles. The Balaban J connectivity index is 1.98. The number of rotatable bonds is 5. The predicted molar refractivity (Wildman–Crippen MR) is 76.8 cm³/mol. The number of likely N-dealkylation sites (tertiary alicyclic amines) is 1. The van der Waals surface area contributed by atoms with Gasteiger partial charge in [-0.1, -0.05) is 26.8 Å². The smallest absolute Gasteiger partial charge is 0.125 e. The zero-order valence-electron chi connectivity index (χ0n) is 11.8. The topological polar surface area (TPSA) is 28.2 Å². The largest absolute Gasteiger partial charge is 0.370 e. The van der Waals surface area contributed by atoms with Gasteiger partial charge in [-0.15, -0.1) is 0 Å². The van der Waals surface area contributed by atoms with Crippen LogP contribution in [-0.2, 0) is 0 Å². The van der Waals surface area contributed by atoms with Crippen molar-refractivity contribution < 1.29 is 0 Å². The van der Waals surface area contributed by atoms with Crippen molar-refractivity contribution in [1.29, 1.82) is 0 Å². The molecule has 0 amide bonds. The Labute approximate surface area is 111 Å². The lowest BCUT2D eigenvalue weighted by Gasteiger charge is -2.22. The Morgan fingerprint density at radius 2 is 2.28 bits per heavy atom. The van der Waals surface area contributed by atoms with Crippen molar-refractivity contribution in [3.05, 3.63) is 23.9 Å². The number of nitrogens with zero attached hydrogens (tertiary/aromatic N) is 2. The first-order chi connectivity index (χ1) is 8.70. The highest BCUT2D eigenvalue weighted by molar-refractivity contribution is 5.36. The average molecular weight is 247 g/mol. The van der Waals surface area contributed by atoms with E-state index in [4.69, 9.17) is 0 Å². The second-order valence-electron chi connectivity index (χ2n) is 5.54. The van der Waals surface area contributed by atoms with Gasteiger partial charge >= 0.3 is 0 Å². The van der Waals surface area contributed by atoms with E-state index in [1.165, 1.54) is 24.9 Å². The van der Waals surface area contributed by atoms with Crippen LogP contribution in [0.4, 0.5) is 5.82 Å². The standard InChI is InChI=1S/C15H25N3/c1-4-18-9-5-6-14(18)13-7-8-15(17-11-13)16-10-12(2)3/h7-8,11-12,14H,4-6,9-10H2,1-3H3,(H,16,17)/t14-/m1/s1. The fraction of sp³-hybridized carbons (Fsp3) is 0.667. The Kier molecular flexibility index (Phi) is 4.59. The molecule has 0 aromatic carbocycles. The molecular weight excluding hydrogens is 222 g/mol. The van der Waals surface area contributed by atoms with Gasteiger partial charge in [0.25, 0.3) is 0 Å². The molecule has 0 bridgehead atoms. The zero-order valence-corrected chi connectivity index (χ0v) is 11.8. The van der Waals surface area contributed by atoms with Crippen molar-refractivity contribution in [3.63, 3.8) is 0 Å². The predicted octanol–water partition coefficient (Wildman–Crippen LogP) is 3.31. The van der Waals surface area contributed by atoms with Crippen molar-refractivity contribution in [3.8, 4) is 0 Å². The van der Waals surface area contributed by atoms with Crippen molar-refractivity contribution in [2.75, 3.05) is 25.0 Å². The van der Waals surface area contributed by atoms with Gasteiger partial charge in [-0.05, 0) is 43.5 Å². The van der Waals surface area contributed by atoms with Crippen LogP contribution in [0.15, 0.2) is 18.3 Å². The van der Waals surface area contributed by atoms with Crippen LogP contribution in [0.25, 0.3) is 0 Å². The minimum Gasteiger partial charge on any atom is -0.370 e. The van der Waals surface area contributed by atoms with E-state index in [2.05, 4.69) is 48.1 Å². The van der Waals surface area contributed by atoms with Crippen molar-refractivity contribution in [2.24, 2.45) is 5.92 Å². The zero-order chi connectivity index (χ0) is 13.0. The van der Waals surface area contributed by atoms with Gasteiger partial charge in [0.05, 0.1) is 0 Å². The minimum atomic E-state index is 0.585. The highest BCUT2D eigenvalue weighted by Gasteiger charge is 2.24. The van der Waals surface area contributed by atoms with E-state index in [1.807, 2.05) is 6.20 Å². The summed E-state index contributed by atoms with van der Waals surface area (Å²) in [6.45, 7) is 10.0. The molecule has 18 heavy (non-hydrogen) atoms. The fourth-order valence-corrected chi connectivity index (χ4v) is 2.60. The summed E-state index contributed by atoms with van der Waals surface area (Å²) < 4.78 is 0. The monoisotopic (exact) mass is 247 g/mol. The van der Waals surface area contributed by atoms with Crippen LogP contribution in [0.2, 0.25) is 0 Å². The lowest BCUT2D eigenvalue weighted by molar-refractivity contribution is 0.271. The van der Waals surface area contributed by atoms with Crippen molar-refractivity contribution in [2.45, 2.75) is 39.7 Å². The van der Waals surface area contributed by atoms with Gasteiger partial charge in [0.15, 0.2) is 0 Å². The molecule has 0 unspecified atom stereocenters. The molecule has 0 radical (unpaired) electrons. The van der Waals surface area contributed by atoms with E-state index in [1.54, 1.807) is 0 Å². The van der Waals surface area contributed by atoms with E-state index in [0.29, 0.717) is 12.0 Å². The third-order valence-electron chi connectivity index (χ3n) is 3.63. The normalized spacial score (nSPS) is 20.6. The first kappa shape index (κ1) is 13.3. The molecule has 0 aliphatic carbocycles. The van der Waals surface area contributed by atoms with E-state index >= 15 is 0 Å².